The molecule has 1 amide bonds. The largest absolute Gasteiger partial charge is 0.270 e. The highest BCUT2D eigenvalue weighted by atomic mass is 35.5. The number of anilines is 1. The Hall–Kier alpha value is -2.66. The van der Waals surface area contributed by atoms with E-state index in [1.54, 1.807) is 17.0 Å². The molecule has 0 saturated carbocycles. The van der Waals surface area contributed by atoms with Crippen molar-refractivity contribution in [2.75, 3.05) is 4.90 Å². The average molecular weight is 432 g/mol. The summed E-state index contributed by atoms with van der Waals surface area (Å²) in [5, 5.41) is 5.14. The van der Waals surface area contributed by atoms with Gasteiger partial charge in [0.1, 0.15) is 0 Å². The number of carbonyl (C=O) groups excluding carboxylic acids is 1. The zero-order valence-corrected chi connectivity index (χ0v) is 17.5. The average Bonchev–Trinajstić information content (AvgIpc) is 3.01. The lowest BCUT2D eigenvalue weighted by atomic mass is 9.96. The first kappa shape index (κ1) is 18.4. The third-order valence-corrected chi connectivity index (χ3v) is 6.52. The molecule has 1 fully saturated rings. The number of fused-ring (bicyclic) bond motifs is 2. The third-order valence-electron chi connectivity index (χ3n) is 4.97. The number of hydrogen-bond acceptors (Lipinski definition) is 3. The molecule has 1 saturated heterocycles. The van der Waals surface area contributed by atoms with Gasteiger partial charge in [0, 0.05) is 5.02 Å². The first-order chi connectivity index (χ1) is 14.1. The molecule has 2 nitrogen and oxygen atoms in total. The van der Waals surface area contributed by atoms with Crippen LogP contribution in [0.25, 0.3) is 27.6 Å². The number of thiocarbonyl (C=S) groups is 1. The normalized spacial score (nSPS) is 15.8. The second-order valence-electron chi connectivity index (χ2n) is 6.73. The molecule has 0 bridgehead atoms. The molecular weight excluding hydrogens is 418 g/mol. The number of nitrogens with zero attached hydrogens (tertiary/aromatic N) is 1. The van der Waals surface area contributed by atoms with E-state index in [0.29, 0.717) is 14.2 Å². The van der Waals surface area contributed by atoms with Crippen LogP contribution in [0.1, 0.15) is 5.56 Å². The summed E-state index contributed by atoms with van der Waals surface area (Å²) in [5.74, 6) is -0.112. The highest BCUT2D eigenvalue weighted by Crippen LogP contribution is 2.38. The molecule has 4 aromatic rings. The quantitative estimate of drug-likeness (QED) is 0.192. The number of thioether (sulfide) groups is 1. The van der Waals surface area contributed by atoms with E-state index in [1.165, 1.54) is 11.8 Å². The van der Waals surface area contributed by atoms with Gasteiger partial charge in [-0.3, -0.25) is 9.69 Å². The maximum atomic E-state index is 13.2. The fraction of sp³-hybridized carbons (Fsp3) is 0. The van der Waals surface area contributed by atoms with Crippen LogP contribution in [0.4, 0.5) is 5.69 Å². The van der Waals surface area contributed by atoms with Crippen LogP contribution >= 0.6 is 35.6 Å². The number of halogens is 1. The summed E-state index contributed by atoms with van der Waals surface area (Å²) in [6, 6.07) is 25.8. The molecule has 0 atom stereocenters. The van der Waals surface area contributed by atoms with Gasteiger partial charge < -0.3 is 0 Å². The van der Waals surface area contributed by atoms with Crippen LogP contribution in [0.5, 0.6) is 0 Å². The van der Waals surface area contributed by atoms with Gasteiger partial charge in [-0.25, -0.2) is 0 Å². The molecule has 5 rings (SSSR count). The first-order valence-corrected chi connectivity index (χ1v) is 10.7. The van der Waals surface area contributed by atoms with Crippen LogP contribution in [0.15, 0.2) is 83.8 Å². The van der Waals surface area contributed by atoms with Gasteiger partial charge in [-0.15, -0.1) is 0 Å². The lowest BCUT2D eigenvalue weighted by Gasteiger charge is -2.14. The number of amides is 1. The maximum absolute atomic E-state index is 13.2. The van der Waals surface area contributed by atoms with E-state index in [9.17, 15) is 4.79 Å². The van der Waals surface area contributed by atoms with Gasteiger partial charge in [0.15, 0.2) is 4.32 Å². The van der Waals surface area contributed by atoms with Crippen LogP contribution in [-0.4, -0.2) is 10.2 Å². The Morgan fingerprint density at radius 3 is 2.07 bits per heavy atom. The first-order valence-electron chi connectivity index (χ1n) is 9.06. The summed E-state index contributed by atoms with van der Waals surface area (Å²) in [6.07, 6.45) is 1.97. The standard InChI is InChI=1S/C24H14ClNOS2/c25-17-9-11-18(12-10-17)26-23(27)22(29-24(26)28)14-21-19-7-3-1-5-15(19)13-16-6-2-4-8-20(16)21/h1-14H/b22-14-. The fourth-order valence-corrected chi connectivity index (χ4v) is 5.02. The van der Waals surface area contributed by atoms with Gasteiger partial charge in [-0.2, -0.15) is 0 Å². The van der Waals surface area contributed by atoms with Gasteiger partial charge in [-0.1, -0.05) is 84.1 Å². The lowest BCUT2D eigenvalue weighted by Crippen LogP contribution is -2.27. The summed E-state index contributed by atoms with van der Waals surface area (Å²) in [6.45, 7) is 0. The smallest absolute Gasteiger partial charge is 0.268 e. The Kier molecular flexibility index (Phi) is 4.63. The Bertz CT molecular complexity index is 1270. The number of benzene rings is 4. The van der Waals surface area contributed by atoms with E-state index < -0.39 is 0 Å². The maximum Gasteiger partial charge on any atom is 0.270 e. The van der Waals surface area contributed by atoms with Crippen molar-refractivity contribution < 1.29 is 4.79 Å². The second-order valence-corrected chi connectivity index (χ2v) is 8.84. The molecule has 0 aromatic heterocycles. The van der Waals surface area contributed by atoms with Crippen LogP contribution < -0.4 is 4.90 Å². The Balaban J connectivity index is 1.67. The molecule has 0 spiro atoms. The van der Waals surface area contributed by atoms with Gasteiger partial charge in [0.25, 0.3) is 5.91 Å². The molecule has 4 aromatic carbocycles. The Morgan fingerprint density at radius 2 is 1.45 bits per heavy atom. The minimum absolute atomic E-state index is 0.112. The monoisotopic (exact) mass is 431 g/mol. The molecule has 0 N–H and O–H groups in total. The van der Waals surface area contributed by atoms with Crippen molar-refractivity contribution in [1.29, 1.82) is 0 Å². The molecule has 1 heterocycles. The van der Waals surface area contributed by atoms with Crippen molar-refractivity contribution in [3.8, 4) is 0 Å². The van der Waals surface area contributed by atoms with Gasteiger partial charge in [-0.05, 0) is 63.5 Å². The van der Waals surface area contributed by atoms with E-state index >= 15 is 0 Å². The third kappa shape index (κ3) is 3.23. The second kappa shape index (κ2) is 7.30. The van der Waals surface area contributed by atoms with E-state index in [0.717, 1.165) is 32.8 Å². The van der Waals surface area contributed by atoms with Crippen molar-refractivity contribution in [1.82, 2.24) is 0 Å². The highest BCUT2D eigenvalue weighted by Gasteiger charge is 2.33. The van der Waals surface area contributed by atoms with E-state index in [4.69, 9.17) is 23.8 Å². The topological polar surface area (TPSA) is 20.3 Å². The minimum Gasteiger partial charge on any atom is -0.268 e. The fourth-order valence-electron chi connectivity index (χ4n) is 3.62. The van der Waals surface area contributed by atoms with Crippen molar-refractivity contribution in [2.45, 2.75) is 0 Å². The zero-order chi connectivity index (χ0) is 20.0. The molecule has 0 aliphatic carbocycles. The Labute approximate surface area is 182 Å². The van der Waals surface area contributed by atoms with Crippen molar-refractivity contribution in [3.05, 3.63) is 94.4 Å². The zero-order valence-electron chi connectivity index (χ0n) is 15.1. The van der Waals surface area contributed by atoms with Crippen LogP contribution in [0, 0.1) is 0 Å². The summed E-state index contributed by atoms with van der Waals surface area (Å²) in [7, 11) is 0. The van der Waals surface area contributed by atoms with Crippen LogP contribution in [0.3, 0.4) is 0 Å². The number of hydrogen-bond donors (Lipinski definition) is 0. The molecule has 29 heavy (non-hydrogen) atoms. The molecule has 1 aliphatic rings. The molecule has 0 unspecified atom stereocenters. The lowest BCUT2D eigenvalue weighted by molar-refractivity contribution is -0.113. The summed E-state index contributed by atoms with van der Waals surface area (Å²) in [4.78, 5) is 15.4. The van der Waals surface area contributed by atoms with Gasteiger partial charge >= 0.3 is 0 Å². The molecular formula is C24H14ClNOS2. The Morgan fingerprint density at radius 1 is 0.862 bits per heavy atom. The SMILES string of the molecule is O=C1/C(=C/c2c3ccccc3cc3ccccc23)SC(=S)N1c1ccc(Cl)cc1. The van der Waals surface area contributed by atoms with Crippen molar-refractivity contribution >= 4 is 79.1 Å². The highest BCUT2D eigenvalue weighted by molar-refractivity contribution is 8.27. The minimum atomic E-state index is -0.112. The van der Waals surface area contributed by atoms with Gasteiger partial charge in [0.05, 0.1) is 10.6 Å². The summed E-state index contributed by atoms with van der Waals surface area (Å²) >= 11 is 12.8. The number of rotatable bonds is 2. The van der Waals surface area contributed by atoms with Gasteiger partial charge in [0.2, 0.25) is 0 Å². The van der Waals surface area contributed by atoms with Crippen LogP contribution in [-0.2, 0) is 4.79 Å². The predicted octanol–water partition coefficient (Wildman–Crippen LogP) is 7.05. The molecule has 140 valence electrons. The van der Waals surface area contributed by atoms with Crippen LogP contribution in [0.2, 0.25) is 5.02 Å². The van der Waals surface area contributed by atoms with E-state index in [-0.39, 0.29) is 5.91 Å². The predicted molar refractivity (Wildman–Crippen MR) is 129 cm³/mol. The van der Waals surface area contributed by atoms with E-state index in [2.05, 4.69) is 30.3 Å². The molecule has 0 radical (unpaired) electrons. The summed E-state index contributed by atoms with van der Waals surface area (Å²) in [5.41, 5.74) is 1.76. The number of carbonyl (C=O) groups is 1. The summed E-state index contributed by atoms with van der Waals surface area (Å²) < 4.78 is 0.521. The molecule has 5 heteroatoms. The van der Waals surface area contributed by atoms with E-state index in [1.807, 2.05) is 42.5 Å². The van der Waals surface area contributed by atoms with Crippen molar-refractivity contribution in [3.63, 3.8) is 0 Å². The van der Waals surface area contributed by atoms with Crippen molar-refractivity contribution in [2.24, 2.45) is 0 Å². The molecule has 1 aliphatic heterocycles.